The number of carbonyl (C=O) groups is 2. The van der Waals surface area contributed by atoms with Crippen LogP contribution in [0, 0.1) is 0 Å². The summed E-state index contributed by atoms with van der Waals surface area (Å²) in [6.45, 7) is 3.26. The minimum Gasteiger partial charge on any atom is -0.338 e. The summed E-state index contributed by atoms with van der Waals surface area (Å²) in [4.78, 5) is 29.7. The summed E-state index contributed by atoms with van der Waals surface area (Å²) in [7, 11) is 0. The van der Waals surface area contributed by atoms with Gasteiger partial charge in [0, 0.05) is 50.6 Å². The molecule has 0 spiro atoms. The SMILES string of the molecule is CC(=O)SCCN(CCc1ccccc1)C(=O)NCCc1ccccn1. The molecule has 0 fully saturated rings. The lowest BCUT2D eigenvalue weighted by Gasteiger charge is -2.23. The molecule has 2 rings (SSSR count). The summed E-state index contributed by atoms with van der Waals surface area (Å²) in [6.07, 6.45) is 3.24. The van der Waals surface area contributed by atoms with Crippen molar-refractivity contribution in [3.05, 3.63) is 66.0 Å². The Kier molecular flexibility index (Phi) is 8.69. The molecule has 0 unspecified atom stereocenters. The zero-order valence-electron chi connectivity index (χ0n) is 15.1. The molecular weight excluding hydrogens is 346 g/mol. The minimum absolute atomic E-state index is 0.0727. The number of rotatable bonds is 9. The molecule has 0 aliphatic rings. The molecule has 138 valence electrons. The van der Waals surface area contributed by atoms with E-state index in [-0.39, 0.29) is 11.1 Å². The van der Waals surface area contributed by atoms with Gasteiger partial charge in [0.05, 0.1) is 0 Å². The van der Waals surface area contributed by atoms with Gasteiger partial charge < -0.3 is 10.2 Å². The Balaban J connectivity index is 1.83. The molecule has 0 aliphatic heterocycles. The number of benzene rings is 1. The molecule has 0 atom stereocenters. The van der Waals surface area contributed by atoms with Crippen LogP contribution in [0.25, 0.3) is 0 Å². The lowest BCUT2D eigenvalue weighted by atomic mass is 10.1. The Morgan fingerprint density at radius 1 is 1.04 bits per heavy atom. The van der Waals surface area contributed by atoms with Gasteiger partial charge in [0.25, 0.3) is 0 Å². The van der Waals surface area contributed by atoms with Gasteiger partial charge >= 0.3 is 6.03 Å². The van der Waals surface area contributed by atoms with Gasteiger partial charge in [-0.05, 0) is 24.1 Å². The molecule has 0 saturated carbocycles. The molecule has 26 heavy (non-hydrogen) atoms. The first-order chi connectivity index (χ1) is 12.6. The van der Waals surface area contributed by atoms with E-state index in [0.29, 0.717) is 31.8 Å². The fraction of sp³-hybridized carbons (Fsp3) is 0.350. The predicted molar refractivity (Wildman–Crippen MR) is 106 cm³/mol. The van der Waals surface area contributed by atoms with Crippen LogP contribution in [0.3, 0.4) is 0 Å². The first-order valence-electron chi connectivity index (χ1n) is 8.75. The second-order valence-corrected chi connectivity index (χ2v) is 7.14. The van der Waals surface area contributed by atoms with Gasteiger partial charge in [-0.25, -0.2) is 4.79 Å². The average molecular weight is 372 g/mol. The van der Waals surface area contributed by atoms with E-state index in [1.165, 1.54) is 17.3 Å². The quantitative estimate of drug-likeness (QED) is 0.735. The molecule has 5 nitrogen and oxygen atoms in total. The van der Waals surface area contributed by atoms with E-state index in [9.17, 15) is 9.59 Å². The lowest BCUT2D eigenvalue weighted by molar-refractivity contribution is -0.109. The van der Waals surface area contributed by atoms with Gasteiger partial charge in [0.1, 0.15) is 0 Å². The molecular formula is C20H25N3O2S. The number of amides is 2. The highest BCUT2D eigenvalue weighted by Crippen LogP contribution is 2.06. The van der Waals surface area contributed by atoms with Crippen molar-refractivity contribution in [2.24, 2.45) is 0 Å². The fourth-order valence-corrected chi connectivity index (χ4v) is 3.08. The third-order valence-electron chi connectivity index (χ3n) is 3.85. The Morgan fingerprint density at radius 2 is 1.81 bits per heavy atom. The van der Waals surface area contributed by atoms with E-state index >= 15 is 0 Å². The molecule has 1 heterocycles. The van der Waals surface area contributed by atoms with Gasteiger partial charge in [-0.2, -0.15) is 0 Å². The summed E-state index contributed by atoms with van der Waals surface area (Å²) in [5, 5.41) is 3.03. The van der Waals surface area contributed by atoms with Crippen LogP contribution in [-0.2, 0) is 17.6 Å². The lowest BCUT2D eigenvalue weighted by Crippen LogP contribution is -2.43. The molecule has 2 aromatic rings. The third kappa shape index (κ3) is 7.70. The maximum Gasteiger partial charge on any atom is 0.317 e. The van der Waals surface area contributed by atoms with Crippen molar-refractivity contribution < 1.29 is 9.59 Å². The molecule has 1 aromatic carbocycles. The first kappa shape index (κ1) is 20.0. The van der Waals surface area contributed by atoms with Crippen LogP contribution in [0.2, 0.25) is 0 Å². The van der Waals surface area contributed by atoms with Gasteiger partial charge in [0.2, 0.25) is 0 Å². The number of aromatic nitrogens is 1. The van der Waals surface area contributed by atoms with Crippen LogP contribution in [0.15, 0.2) is 54.7 Å². The normalized spacial score (nSPS) is 10.3. The Bertz CT molecular complexity index is 680. The predicted octanol–water partition coefficient (Wildman–Crippen LogP) is 3.16. The summed E-state index contributed by atoms with van der Waals surface area (Å²) in [5.41, 5.74) is 2.15. The number of thioether (sulfide) groups is 1. The second kappa shape index (κ2) is 11.3. The molecule has 2 amide bonds. The van der Waals surface area contributed by atoms with Crippen LogP contribution in [-0.4, -0.2) is 46.4 Å². The summed E-state index contributed by atoms with van der Waals surface area (Å²) in [6, 6.07) is 15.8. The fourth-order valence-electron chi connectivity index (χ4n) is 2.48. The number of hydrogen-bond acceptors (Lipinski definition) is 4. The van der Waals surface area contributed by atoms with Crippen molar-refractivity contribution >= 4 is 22.9 Å². The van der Waals surface area contributed by atoms with Crippen molar-refractivity contribution in [2.45, 2.75) is 19.8 Å². The van der Waals surface area contributed by atoms with Crippen LogP contribution in [0.1, 0.15) is 18.2 Å². The van der Waals surface area contributed by atoms with E-state index in [1.54, 1.807) is 18.0 Å². The van der Waals surface area contributed by atoms with Crippen molar-refractivity contribution in [3.8, 4) is 0 Å². The largest absolute Gasteiger partial charge is 0.338 e. The van der Waals surface area contributed by atoms with Crippen LogP contribution < -0.4 is 5.32 Å². The maximum absolute atomic E-state index is 12.5. The number of urea groups is 1. The monoisotopic (exact) mass is 371 g/mol. The molecule has 6 heteroatoms. The number of pyridine rings is 1. The van der Waals surface area contributed by atoms with E-state index in [1.807, 2.05) is 36.4 Å². The summed E-state index contributed by atoms with van der Waals surface area (Å²) < 4.78 is 0. The van der Waals surface area contributed by atoms with E-state index in [4.69, 9.17) is 0 Å². The van der Waals surface area contributed by atoms with Crippen LogP contribution in [0.4, 0.5) is 4.79 Å². The highest BCUT2D eigenvalue weighted by molar-refractivity contribution is 8.13. The van der Waals surface area contributed by atoms with Crippen molar-refractivity contribution in [1.82, 2.24) is 15.2 Å². The van der Waals surface area contributed by atoms with Gasteiger partial charge in [0.15, 0.2) is 5.12 Å². The van der Waals surface area contributed by atoms with Crippen molar-refractivity contribution in [1.29, 1.82) is 0 Å². The van der Waals surface area contributed by atoms with E-state index < -0.39 is 0 Å². The maximum atomic E-state index is 12.5. The molecule has 1 N–H and O–H groups in total. The van der Waals surface area contributed by atoms with E-state index in [0.717, 1.165) is 12.1 Å². The van der Waals surface area contributed by atoms with Gasteiger partial charge in [-0.3, -0.25) is 9.78 Å². The Hall–Kier alpha value is -2.34. The standard InChI is InChI=1S/C20H25N3O2S/c1-17(24)26-16-15-23(14-11-18-7-3-2-4-8-18)20(25)22-13-10-19-9-5-6-12-21-19/h2-9,12H,10-11,13-16H2,1H3,(H,22,25). The molecule has 0 aliphatic carbocycles. The Morgan fingerprint density at radius 3 is 2.50 bits per heavy atom. The topological polar surface area (TPSA) is 62.3 Å². The van der Waals surface area contributed by atoms with Gasteiger partial charge in [-0.15, -0.1) is 0 Å². The smallest absolute Gasteiger partial charge is 0.317 e. The zero-order chi connectivity index (χ0) is 18.6. The molecule has 0 saturated heterocycles. The number of nitrogens with one attached hydrogen (secondary N) is 1. The number of hydrogen-bond donors (Lipinski definition) is 1. The number of carbonyl (C=O) groups excluding carboxylic acids is 2. The average Bonchev–Trinajstić information content (AvgIpc) is 2.66. The zero-order valence-corrected chi connectivity index (χ0v) is 15.9. The highest BCUT2D eigenvalue weighted by Gasteiger charge is 2.13. The highest BCUT2D eigenvalue weighted by atomic mass is 32.2. The van der Waals surface area contributed by atoms with E-state index in [2.05, 4.69) is 22.4 Å². The minimum atomic E-state index is -0.0963. The molecule has 0 bridgehead atoms. The van der Waals surface area contributed by atoms with Crippen LogP contribution >= 0.6 is 11.8 Å². The van der Waals surface area contributed by atoms with Crippen molar-refractivity contribution in [2.75, 3.05) is 25.4 Å². The number of nitrogens with zero attached hydrogens (tertiary/aromatic N) is 2. The summed E-state index contributed by atoms with van der Waals surface area (Å²) in [5.74, 6) is 0.609. The molecule has 0 radical (unpaired) electrons. The first-order valence-corrected chi connectivity index (χ1v) is 9.73. The van der Waals surface area contributed by atoms with Gasteiger partial charge in [-0.1, -0.05) is 48.2 Å². The van der Waals surface area contributed by atoms with Crippen LogP contribution in [0.5, 0.6) is 0 Å². The molecule has 1 aromatic heterocycles. The second-order valence-electron chi connectivity index (χ2n) is 5.87. The van der Waals surface area contributed by atoms with Crippen molar-refractivity contribution in [3.63, 3.8) is 0 Å². The Labute approximate surface area is 159 Å². The summed E-state index contributed by atoms with van der Waals surface area (Å²) >= 11 is 1.25. The third-order valence-corrected chi connectivity index (χ3v) is 4.64.